The average Bonchev–Trinajstić information content (AvgIpc) is 3.23. The Morgan fingerprint density at radius 1 is 1.29 bits per heavy atom. The van der Waals surface area contributed by atoms with Crippen LogP contribution in [-0.4, -0.2) is 32.6 Å². The SMILES string of the molecule is c1ccc2c(c1)cnn2Cc1nc(C[C@H]2CCCO2)no1. The zero-order chi connectivity index (χ0) is 14.1. The molecule has 3 heterocycles. The molecule has 1 aliphatic heterocycles. The van der Waals surface area contributed by atoms with Crippen LogP contribution in [-0.2, 0) is 17.7 Å². The van der Waals surface area contributed by atoms with E-state index in [1.165, 1.54) is 0 Å². The molecular weight excluding hydrogens is 268 g/mol. The summed E-state index contributed by atoms with van der Waals surface area (Å²) in [5.74, 6) is 1.30. The van der Waals surface area contributed by atoms with Gasteiger partial charge in [-0.05, 0) is 18.9 Å². The molecule has 0 amide bonds. The second-order valence-corrected chi connectivity index (χ2v) is 5.30. The third-order valence-corrected chi connectivity index (χ3v) is 3.78. The molecule has 6 heteroatoms. The van der Waals surface area contributed by atoms with E-state index in [4.69, 9.17) is 9.26 Å². The van der Waals surface area contributed by atoms with Crippen LogP contribution in [0.5, 0.6) is 0 Å². The third-order valence-electron chi connectivity index (χ3n) is 3.78. The molecule has 1 fully saturated rings. The van der Waals surface area contributed by atoms with Gasteiger partial charge in [0, 0.05) is 18.4 Å². The van der Waals surface area contributed by atoms with E-state index < -0.39 is 0 Å². The average molecular weight is 284 g/mol. The van der Waals surface area contributed by atoms with Crippen LogP contribution in [0.3, 0.4) is 0 Å². The van der Waals surface area contributed by atoms with E-state index in [1.54, 1.807) is 0 Å². The molecule has 0 bridgehead atoms. The van der Waals surface area contributed by atoms with Gasteiger partial charge in [0.25, 0.3) is 0 Å². The maximum Gasteiger partial charge on any atom is 0.248 e. The van der Waals surface area contributed by atoms with Gasteiger partial charge in [0.2, 0.25) is 5.89 Å². The molecule has 108 valence electrons. The fourth-order valence-corrected chi connectivity index (χ4v) is 2.73. The van der Waals surface area contributed by atoms with E-state index in [-0.39, 0.29) is 6.10 Å². The van der Waals surface area contributed by atoms with Crippen LogP contribution in [0.15, 0.2) is 35.0 Å². The van der Waals surface area contributed by atoms with Gasteiger partial charge in [0.15, 0.2) is 5.82 Å². The summed E-state index contributed by atoms with van der Waals surface area (Å²) >= 11 is 0. The first-order valence-corrected chi connectivity index (χ1v) is 7.22. The van der Waals surface area contributed by atoms with Gasteiger partial charge in [0.05, 0.1) is 17.8 Å². The first-order valence-electron chi connectivity index (χ1n) is 7.22. The molecule has 0 saturated carbocycles. The Morgan fingerprint density at radius 2 is 2.24 bits per heavy atom. The quantitative estimate of drug-likeness (QED) is 0.734. The van der Waals surface area contributed by atoms with Crippen molar-refractivity contribution in [2.24, 2.45) is 0 Å². The van der Waals surface area contributed by atoms with Gasteiger partial charge in [-0.25, -0.2) is 0 Å². The lowest BCUT2D eigenvalue weighted by molar-refractivity contribution is 0.109. The third kappa shape index (κ3) is 2.54. The van der Waals surface area contributed by atoms with Crippen molar-refractivity contribution in [3.8, 4) is 0 Å². The minimum absolute atomic E-state index is 0.237. The van der Waals surface area contributed by atoms with Crippen LogP contribution in [0.2, 0.25) is 0 Å². The van der Waals surface area contributed by atoms with Crippen molar-refractivity contribution in [2.45, 2.75) is 31.9 Å². The number of benzene rings is 1. The molecule has 1 atom stereocenters. The maximum absolute atomic E-state index is 5.59. The van der Waals surface area contributed by atoms with E-state index in [0.717, 1.165) is 36.8 Å². The Labute approximate surface area is 121 Å². The first kappa shape index (κ1) is 12.5. The second-order valence-electron chi connectivity index (χ2n) is 5.30. The molecule has 6 nitrogen and oxygen atoms in total. The maximum atomic E-state index is 5.59. The van der Waals surface area contributed by atoms with Gasteiger partial charge in [-0.1, -0.05) is 23.4 Å². The van der Waals surface area contributed by atoms with Crippen LogP contribution in [0.4, 0.5) is 0 Å². The highest BCUT2D eigenvalue weighted by Crippen LogP contribution is 2.17. The Bertz CT molecular complexity index is 743. The molecule has 4 rings (SSSR count). The zero-order valence-electron chi connectivity index (χ0n) is 11.6. The van der Waals surface area contributed by atoms with Crippen molar-refractivity contribution < 1.29 is 9.26 Å². The highest BCUT2D eigenvalue weighted by Gasteiger charge is 2.19. The van der Waals surface area contributed by atoms with E-state index in [0.29, 0.717) is 18.3 Å². The molecule has 21 heavy (non-hydrogen) atoms. The molecule has 3 aromatic rings. The van der Waals surface area contributed by atoms with Gasteiger partial charge in [-0.3, -0.25) is 4.68 Å². The molecule has 0 radical (unpaired) electrons. The van der Waals surface area contributed by atoms with Crippen LogP contribution in [0, 0.1) is 0 Å². The number of para-hydroxylation sites is 1. The lowest BCUT2D eigenvalue weighted by Gasteiger charge is -2.03. The molecule has 0 aliphatic carbocycles. The smallest absolute Gasteiger partial charge is 0.248 e. The van der Waals surface area contributed by atoms with Crippen LogP contribution < -0.4 is 0 Å². The van der Waals surface area contributed by atoms with Crippen LogP contribution in [0.25, 0.3) is 10.9 Å². The lowest BCUT2D eigenvalue weighted by atomic mass is 10.2. The molecule has 1 saturated heterocycles. The summed E-state index contributed by atoms with van der Waals surface area (Å²) in [5.41, 5.74) is 1.07. The molecule has 0 spiro atoms. The zero-order valence-corrected chi connectivity index (χ0v) is 11.6. The topological polar surface area (TPSA) is 66.0 Å². The Kier molecular flexibility index (Phi) is 3.16. The standard InChI is InChI=1S/C15H16N4O2/c1-2-6-13-11(4-1)9-16-19(13)10-15-17-14(18-21-15)8-12-5-3-7-20-12/h1-2,4,6,9,12H,3,5,7-8,10H2/t12-/m1/s1. The number of aromatic nitrogens is 4. The van der Waals surface area contributed by atoms with Crippen molar-refractivity contribution in [2.75, 3.05) is 6.61 Å². The molecule has 0 N–H and O–H groups in total. The van der Waals surface area contributed by atoms with Gasteiger partial charge >= 0.3 is 0 Å². The first-order chi connectivity index (χ1) is 10.4. The summed E-state index contributed by atoms with van der Waals surface area (Å²) in [6, 6.07) is 8.07. The van der Waals surface area contributed by atoms with Crippen molar-refractivity contribution in [3.05, 3.63) is 42.2 Å². The fraction of sp³-hybridized carbons (Fsp3) is 0.400. The molecule has 2 aromatic heterocycles. The van der Waals surface area contributed by atoms with Crippen molar-refractivity contribution in [1.82, 2.24) is 19.9 Å². The summed E-state index contributed by atoms with van der Waals surface area (Å²) in [7, 11) is 0. The Morgan fingerprint density at radius 3 is 3.14 bits per heavy atom. The minimum Gasteiger partial charge on any atom is -0.378 e. The number of nitrogens with zero attached hydrogens (tertiary/aromatic N) is 4. The largest absolute Gasteiger partial charge is 0.378 e. The normalized spacial score (nSPS) is 18.6. The van der Waals surface area contributed by atoms with Gasteiger partial charge < -0.3 is 9.26 Å². The van der Waals surface area contributed by atoms with Crippen molar-refractivity contribution in [3.63, 3.8) is 0 Å². The van der Waals surface area contributed by atoms with Crippen molar-refractivity contribution >= 4 is 10.9 Å². The lowest BCUT2D eigenvalue weighted by Crippen LogP contribution is -2.10. The summed E-state index contributed by atoms with van der Waals surface area (Å²) in [5, 5.41) is 9.51. The van der Waals surface area contributed by atoms with E-state index in [1.807, 2.05) is 35.1 Å². The number of hydrogen-bond acceptors (Lipinski definition) is 5. The monoisotopic (exact) mass is 284 g/mol. The molecule has 1 aromatic carbocycles. The van der Waals surface area contributed by atoms with Crippen LogP contribution >= 0.6 is 0 Å². The van der Waals surface area contributed by atoms with Crippen LogP contribution in [0.1, 0.15) is 24.6 Å². The highest BCUT2D eigenvalue weighted by molar-refractivity contribution is 5.78. The summed E-state index contributed by atoms with van der Waals surface area (Å²) < 4.78 is 12.8. The van der Waals surface area contributed by atoms with Gasteiger partial charge in [-0.15, -0.1) is 0 Å². The predicted octanol–water partition coefficient (Wildman–Crippen LogP) is 2.19. The van der Waals surface area contributed by atoms with E-state index >= 15 is 0 Å². The van der Waals surface area contributed by atoms with Gasteiger partial charge in [-0.2, -0.15) is 10.1 Å². The number of hydrogen-bond donors (Lipinski definition) is 0. The number of rotatable bonds is 4. The second kappa shape index (κ2) is 5.29. The molecular formula is C15H16N4O2. The Balaban J connectivity index is 1.50. The molecule has 1 aliphatic rings. The number of fused-ring (bicyclic) bond motifs is 1. The summed E-state index contributed by atoms with van der Waals surface area (Å²) in [6.07, 6.45) is 5.01. The minimum atomic E-state index is 0.237. The van der Waals surface area contributed by atoms with Crippen molar-refractivity contribution in [1.29, 1.82) is 0 Å². The number of ether oxygens (including phenoxy) is 1. The Hall–Kier alpha value is -2.21. The summed E-state index contributed by atoms with van der Waals surface area (Å²) in [4.78, 5) is 4.44. The summed E-state index contributed by atoms with van der Waals surface area (Å²) in [6.45, 7) is 1.33. The van der Waals surface area contributed by atoms with E-state index in [9.17, 15) is 0 Å². The van der Waals surface area contributed by atoms with E-state index in [2.05, 4.69) is 15.2 Å². The van der Waals surface area contributed by atoms with Gasteiger partial charge in [0.1, 0.15) is 6.54 Å². The highest BCUT2D eigenvalue weighted by atomic mass is 16.5. The fourth-order valence-electron chi connectivity index (χ4n) is 2.73. The molecule has 0 unspecified atom stereocenters. The predicted molar refractivity (Wildman–Crippen MR) is 75.8 cm³/mol.